The Kier molecular flexibility index (Phi) is 4.61. The molecule has 2 aliphatic rings. The van der Waals surface area contributed by atoms with Crippen molar-refractivity contribution >= 4 is 11.8 Å². The molecule has 2 fully saturated rings. The highest BCUT2D eigenvalue weighted by Gasteiger charge is 2.31. The van der Waals surface area contributed by atoms with Gasteiger partial charge >= 0.3 is 0 Å². The van der Waals surface area contributed by atoms with Gasteiger partial charge in [0.2, 0.25) is 11.8 Å². The Morgan fingerprint density at radius 3 is 2.42 bits per heavy atom. The molecule has 0 N–H and O–H groups in total. The first kappa shape index (κ1) is 14.1. The highest BCUT2D eigenvalue weighted by molar-refractivity contribution is 5.92. The Labute approximate surface area is 115 Å². The van der Waals surface area contributed by atoms with Gasteiger partial charge in [-0.1, -0.05) is 24.8 Å². The van der Waals surface area contributed by atoms with Gasteiger partial charge in [-0.25, -0.2) is 0 Å². The Morgan fingerprint density at radius 2 is 1.84 bits per heavy atom. The Bertz CT molecular complexity index is 380. The molecule has 0 spiro atoms. The molecular weight excluding hydrogens is 240 g/mol. The summed E-state index contributed by atoms with van der Waals surface area (Å²) in [5.41, 5.74) is 0.979. The summed E-state index contributed by atoms with van der Waals surface area (Å²) in [6.45, 7) is 5.42. The van der Waals surface area contributed by atoms with Gasteiger partial charge in [-0.3, -0.25) is 9.59 Å². The van der Waals surface area contributed by atoms with Crippen LogP contribution in [0, 0.1) is 0 Å². The second-order valence-electron chi connectivity index (χ2n) is 5.86. The number of allylic oxidation sites excluding steroid dienone is 1. The van der Waals surface area contributed by atoms with Crippen molar-refractivity contribution in [3.05, 3.63) is 11.6 Å². The zero-order valence-electron chi connectivity index (χ0n) is 12.0. The zero-order valence-corrected chi connectivity index (χ0v) is 12.0. The normalized spacial score (nSPS) is 21.5. The minimum Gasteiger partial charge on any atom is -0.336 e. The molecular formula is C15H24N2O2. The highest BCUT2D eigenvalue weighted by Crippen LogP contribution is 2.24. The van der Waals surface area contributed by atoms with E-state index >= 15 is 0 Å². The third-order valence-electron chi connectivity index (χ3n) is 4.00. The van der Waals surface area contributed by atoms with Gasteiger partial charge in [-0.15, -0.1) is 0 Å². The molecule has 19 heavy (non-hydrogen) atoms. The summed E-state index contributed by atoms with van der Waals surface area (Å²) < 4.78 is 0. The van der Waals surface area contributed by atoms with Crippen molar-refractivity contribution in [1.29, 1.82) is 0 Å². The van der Waals surface area contributed by atoms with Crippen LogP contribution < -0.4 is 0 Å². The highest BCUT2D eigenvalue weighted by atomic mass is 16.2. The van der Waals surface area contributed by atoms with Gasteiger partial charge in [-0.2, -0.15) is 0 Å². The van der Waals surface area contributed by atoms with E-state index in [0.29, 0.717) is 19.1 Å². The van der Waals surface area contributed by atoms with E-state index in [0.717, 1.165) is 18.4 Å². The van der Waals surface area contributed by atoms with Gasteiger partial charge in [0.15, 0.2) is 0 Å². The summed E-state index contributed by atoms with van der Waals surface area (Å²) in [5, 5.41) is 0. The van der Waals surface area contributed by atoms with Gasteiger partial charge in [0.1, 0.15) is 6.54 Å². The van der Waals surface area contributed by atoms with Crippen molar-refractivity contribution in [3.8, 4) is 0 Å². The number of piperazine rings is 1. The lowest BCUT2D eigenvalue weighted by atomic mass is 9.93. The van der Waals surface area contributed by atoms with E-state index in [1.165, 1.54) is 19.3 Å². The van der Waals surface area contributed by atoms with Gasteiger partial charge in [0, 0.05) is 25.2 Å². The molecule has 106 valence electrons. The second kappa shape index (κ2) is 6.22. The molecule has 0 atom stereocenters. The lowest BCUT2D eigenvalue weighted by molar-refractivity contribution is -0.145. The molecule has 2 rings (SSSR count). The summed E-state index contributed by atoms with van der Waals surface area (Å²) in [4.78, 5) is 27.8. The van der Waals surface area contributed by atoms with Crippen molar-refractivity contribution < 1.29 is 9.59 Å². The van der Waals surface area contributed by atoms with E-state index < -0.39 is 0 Å². The quantitative estimate of drug-likeness (QED) is 0.715. The topological polar surface area (TPSA) is 40.6 Å². The molecule has 1 heterocycles. The van der Waals surface area contributed by atoms with Crippen LogP contribution >= 0.6 is 0 Å². The predicted octanol–water partition coefficient (Wildman–Crippen LogP) is 1.96. The third-order valence-corrected chi connectivity index (χ3v) is 4.00. The molecule has 1 aliphatic heterocycles. The lowest BCUT2D eigenvalue weighted by Gasteiger charge is -2.40. The van der Waals surface area contributed by atoms with E-state index in [1.807, 2.05) is 18.7 Å². The van der Waals surface area contributed by atoms with Crippen LogP contribution in [0.2, 0.25) is 0 Å². The van der Waals surface area contributed by atoms with Crippen LogP contribution in [0.3, 0.4) is 0 Å². The predicted molar refractivity (Wildman–Crippen MR) is 74.6 cm³/mol. The molecule has 0 unspecified atom stereocenters. The first-order chi connectivity index (χ1) is 9.08. The van der Waals surface area contributed by atoms with Crippen LogP contribution in [0.15, 0.2) is 11.6 Å². The first-order valence-corrected chi connectivity index (χ1v) is 7.31. The van der Waals surface area contributed by atoms with Crippen molar-refractivity contribution in [2.75, 3.05) is 19.6 Å². The van der Waals surface area contributed by atoms with Crippen LogP contribution in [-0.4, -0.2) is 47.3 Å². The van der Waals surface area contributed by atoms with Gasteiger partial charge in [0.25, 0.3) is 0 Å². The molecule has 0 aromatic rings. The van der Waals surface area contributed by atoms with Crippen LogP contribution in [0.4, 0.5) is 0 Å². The average molecular weight is 264 g/mol. The molecule has 1 saturated carbocycles. The molecule has 1 aliphatic carbocycles. The van der Waals surface area contributed by atoms with Gasteiger partial charge < -0.3 is 9.80 Å². The van der Waals surface area contributed by atoms with Crippen molar-refractivity contribution in [2.24, 2.45) is 0 Å². The minimum absolute atomic E-state index is 0.0309. The standard InChI is InChI=1S/C15H24N2O2/c1-12(2)10-14(18)16-8-9-17(15(19)11-16)13-6-4-3-5-7-13/h10,13H,3-9,11H2,1-2H3. The summed E-state index contributed by atoms with van der Waals surface area (Å²) in [7, 11) is 0. The number of nitrogens with zero attached hydrogens (tertiary/aromatic N) is 2. The second-order valence-corrected chi connectivity index (χ2v) is 5.86. The van der Waals surface area contributed by atoms with Crippen LogP contribution in [0.1, 0.15) is 46.0 Å². The lowest BCUT2D eigenvalue weighted by Crippen LogP contribution is -2.55. The first-order valence-electron chi connectivity index (χ1n) is 7.31. The molecule has 4 heteroatoms. The molecule has 0 radical (unpaired) electrons. The van der Waals surface area contributed by atoms with E-state index in [2.05, 4.69) is 0 Å². The molecule has 4 nitrogen and oxygen atoms in total. The maximum absolute atomic E-state index is 12.2. The number of hydrogen-bond donors (Lipinski definition) is 0. The number of amides is 2. The fraction of sp³-hybridized carbons (Fsp3) is 0.733. The van der Waals surface area contributed by atoms with Crippen LogP contribution in [-0.2, 0) is 9.59 Å². The smallest absolute Gasteiger partial charge is 0.247 e. The Balaban J connectivity index is 1.92. The SMILES string of the molecule is CC(C)=CC(=O)N1CCN(C2CCCCC2)C(=O)C1. The maximum Gasteiger partial charge on any atom is 0.247 e. The van der Waals surface area contributed by atoms with Crippen LogP contribution in [0.5, 0.6) is 0 Å². The fourth-order valence-corrected chi connectivity index (χ4v) is 2.99. The number of carbonyl (C=O) groups is 2. The van der Waals surface area contributed by atoms with Crippen molar-refractivity contribution in [1.82, 2.24) is 9.80 Å². The summed E-state index contributed by atoms with van der Waals surface area (Å²) in [6.07, 6.45) is 7.64. The fourth-order valence-electron chi connectivity index (χ4n) is 2.99. The molecule has 0 aromatic heterocycles. The summed E-state index contributed by atoms with van der Waals surface area (Å²) >= 11 is 0. The number of carbonyl (C=O) groups excluding carboxylic acids is 2. The summed E-state index contributed by atoms with van der Waals surface area (Å²) in [5.74, 6) is 0.0882. The van der Waals surface area contributed by atoms with Gasteiger partial charge in [-0.05, 0) is 26.7 Å². The van der Waals surface area contributed by atoms with E-state index in [4.69, 9.17) is 0 Å². The van der Waals surface area contributed by atoms with Gasteiger partial charge in [0.05, 0.1) is 0 Å². The number of hydrogen-bond acceptors (Lipinski definition) is 2. The minimum atomic E-state index is -0.0309. The maximum atomic E-state index is 12.2. The average Bonchev–Trinajstić information content (AvgIpc) is 2.38. The van der Waals surface area contributed by atoms with Crippen molar-refractivity contribution in [3.63, 3.8) is 0 Å². The molecule has 0 bridgehead atoms. The van der Waals surface area contributed by atoms with Crippen LogP contribution in [0.25, 0.3) is 0 Å². The number of rotatable bonds is 2. The Morgan fingerprint density at radius 1 is 1.16 bits per heavy atom. The largest absolute Gasteiger partial charge is 0.336 e. The Hall–Kier alpha value is -1.32. The third kappa shape index (κ3) is 3.58. The zero-order chi connectivity index (χ0) is 13.8. The molecule has 1 saturated heterocycles. The van der Waals surface area contributed by atoms with Crippen molar-refractivity contribution in [2.45, 2.75) is 52.0 Å². The van der Waals surface area contributed by atoms with E-state index in [9.17, 15) is 9.59 Å². The molecule has 2 amide bonds. The van der Waals surface area contributed by atoms with E-state index in [-0.39, 0.29) is 18.4 Å². The van der Waals surface area contributed by atoms with E-state index in [1.54, 1.807) is 11.0 Å². The molecule has 0 aromatic carbocycles. The monoisotopic (exact) mass is 264 g/mol. The summed E-state index contributed by atoms with van der Waals surface area (Å²) in [6, 6.07) is 0.418.